The summed E-state index contributed by atoms with van der Waals surface area (Å²) in [6, 6.07) is 15.6. The third-order valence-electron chi connectivity index (χ3n) is 1.79. The second kappa shape index (κ2) is 9.37. The Labute approximate surface area is 123 Å². The first kappa shape index (κ1) is 15.5. The van der Waals surface area contributed by atoms with E-state index in [9.17, 15) is 0 Å². The van der Waals surface area contributed by atoms with Gasteiger partial charge in [0.05, 0.1) is 17.6 Å². The molecule has 0 amide bonds. The van der Waals surface area contributed by atoms with E-state index >= 15 is 0 Å². The van der Waals surface area contributed by atoms with Crippen molar-refractivity contribution in [2.75, 3.05) is 0 Å². The van der Waals surface area contributed by atoms with Crippen molar-refractivity contribution in [2.24, 2.45) is 4.99 Å². The normalized spacial score (nSPS) is 10.7. The number of para-hydroxylation sites is 1. The van der Waals surface area contributed by atoms with Gasteiger partial charge in [0.15, 0.2) is 0 Å². The number of aliphatic imine (C=N–C) groups is 1. The summed E-state index contributed by atoms with van der Waals surface area (Å²) in [7, 11) is 14.7. The summed E-state index contributed by atoms with van der Waals surface area (Å²) < 4.78 is 0. The second-order valence-electron chi connectivity index (χ2n) is 3.00. The molecule has 2 aromatic rings. The van der Waals surface area contributed by atoms with Crippen molar-refractivity contribution in [3.63, 3.8) is 0 Å². The van der Waals surface area contributed by atoms with Gasteiger partial charge in [0.25, 0.3) is 0 Å². The second-order valence-corrected chi connectivity index (χ2v) is 8.47. The molecule has 0 aliphatic carbocycles. The molecule has 1 aromatic heterocycles. The van der Waals surface area contributed by atoms with Crippen molar-refractivity contribution in [2.45, 2.75) is 0 Å². The number of benzene rings is 1. The van der Waals surface area contributed by atoms with Crippen molar-refractivity contribution < 1.29 is 11.2 Å². The van der Waals surface area contributed by atoms with Gasteiger partial charge in [-0.2, -0.15) is 0 Å². The van der Waals surface area contributed by atoms with Crippen molar-refractivity contribution in [3.8, 4) is 0 Å². The summed E-state index contributed by atoms with van der Waals surface area (Å²) in [5.74, 6) is 0. The van der Waals surface area contributed by atoms with Gasteiger partial charge in [0.2, 0.25) is 0 Å². The molecule has 18 heavy (non-hydrogen) atoms. The van der Waals surface area contributed by atoms with Gasteiger partial charge in [-0.05, 0) is 24.3 Å². The molecule has 0 bridgehead atoms. The van der Waals surface area contributed by atoms with Crippen LogP contribution in [0.4, 0.5) is 5.69 Å². The standard InChI is InChI=1S/C12H10N2.3ClH.Fe/c1-2-6-11(7-3-1)14-10-12-8-4-5-9-13-12;;;;/h1-10H;3*1H;/q;;;;+3/p-3. The van der Waals surface area contributed by atoms with Crippen LogP contribution >= 0.6 is 30.3 Å². The van der Waals surface area contributed by atoms with E-state index < -0.39 is 11.2 Å². The summed E-state index contributed by atoms with van der Waals surface area (Å²) in [5, 5.41) is 0. The summed E-state index contributed by atoms with van der Waals surface area (Å²) >= 11 is -1.33. The van der Waals surface area contributed by atoms with E-state index in [-0.39, 0.29) is 0 Å². The fraction of sp³-hybridized carbons (Fsp3) is 0. The van der Waals surface area contributed by atoms with E-state index in [0.717, 1.165) is 11.4 Å². The number of halogens is 3. The maximum atomic E-state index is 4.89. The molecule has 0 saturated carbocycles. The Bertz CT molecular complexity index is 419. The molecular formula is C12H10Cl3FeN2. The molecule has 0 atom stereocenters. The van der Waals surface area contributed by atoms with Crippen LogP contribution in [0.15, 0.2) is 59.7 Å². The molecule has 0 unspecified atom stereocenters. The van der Waals surface area contributed by atoms with E-state index in [0.29, 0.717) is 0 Å². The molecule has 0 fully saturated rings. The first-order valence-corrected chi connectivity index (χ1v) is 9.41. The van der Waals surface area contributed by atoms with Gasteiger partial charge in [-0.15, -0.1) is 0 Å². The SMILES string of the molecule is C(=Nc1ccccc1)c1ccccn1.[Cl][Fe]([Cl])[Cl]. The van der Waals surface area contributed by atoms with E-state index in [1.165, 1.54) is 0 Å². The zero-order valence-corrected chi connectivity index (χ0v) is 12.5. The number of pyridine rings is 1. The number of nitrogens with zero attached hydrogens (tertiary/aromatic N) is 2. The molecule has 2 nitrogen and oxygen atoms in total. The van der Waals surface area contributed by atoms with Gasteiger partial charge in [0.1, 0.15) is 0 Å². The number of rotatable bonds is 2. The molecule has 1 heterocycles. The molecule has 1 aromatic carbocycles. The van der Waals surface area contributed by atoms with Crippen LogP contribution in [0.2, 0.25) is 0 Å². The predicted octanol–water partition coefficient (Wildman–Crippen LogP) is 4.90. The molecule has 0 aliphatic rings. The van der Waals surface area contributed by atoms with Crippen molar-refractivity contribution in [1.29, 1.82) is 0 Å². The summed E-state index contributed by atoms with van der Waals surface area (Å²) in [6.45, 7) is 0. The number of hydrogen-bond donors (Lipinski definition) is 0. The Morgan fingerprint density at radius 1 is 0.944 bits per heavy atom. The fourth-order valence-electron chi connectivity index (χ4n) is 1.11. The Morgan fingerprint density at radius 3 is 2.11 bits per heavy atom. The third kappa shape index (κ3) is 7.70. The van der Waals surface area contributed by atoms with Crippen LogP contribution in [0.3, 0.4) is 0 Å². The Hall–Kier alpha value is -0.571. The van der Waals surface area contributed by atoms with Gasteiger partial charge in [-0.1, -0.05) is 24.3 Å². The zero-order valence-electron chi connectivity index (χ0n) is 9.16. The molecule has 2 rings (SSSR count). The van der Waals surface area contributed by atoms with Crippen LogP contribution in [0, 0.1) is 0 Å². The van der Waals surface area contributed by atoms with E-state index in [2.05, 4.69) is 9.98 Å². The topological polar surface area (TPSA) is 25.2 Å². The predicted molar refractivity (Wildman–Crippen MR) is 75.5 cm³/mol. The van der Waals surface area contributed by atoms with Crippen LogP contribution in [-0.4, -0.2) is 11.2 Å². The molecule has 0 radical (unpaired) electrons. The van der Waals surface area contributed by atoms with E-state index in [1.807, 2.05) is 48.5 Å². The summed E-state index contributed by atoms with van der Waals surface area (Å²) in [5.41, 5.74) is 1.81. The molecule has 0 saturated heterocycles. The quantitative estimate of drug-likeness (QED) is 0.562. The Kier molecular flexibility index (Phi) is 8.06. The average molecular weight is 344 g/mol. The first-order valence-electron chi connectivity index (χ1n) is 4.85. The zero-order chi connectivity index (χ0) is 13.2. The van der Waals surface area contributed by atoms with Crippen LogP contribution < -0.4 is 0 Å². The molecule has 0 spiro atoms. The number of hydrogen-bond acceptors (Lipinski definition) is 2. The minimum atomic E-state index is -1.33. The van der Waals surface area contributed by atoms with E-state index in [1.54, 1.807) is 12.4 Å². The van der Waals surface area contributed by atoms with Gasteiger partial charge in [-0.25, -0.2) is 0 Å². The minimum absolute atomic E-state index is 0.872. The van der Waals surface area contributed by atoms with Gasteiger partial charge in [-0.3, -0.25) is 9.98 Å². The van der Waals surface area contributed by atoms with Crippen molar-refractivity contribution >= 4 is 42.2 Å². The summed E-state index contributed by atoms with van der Waals surface area (Å²) in [6.07, 6.45) is 3.52. The van der Waals surface area contributed by atoms with Crippen LogP contribution in [0.5, 0.6) is 0 Å². The monoisotopic (exact) mass is 343 g/mol. The van der Waals surface area contributed by atoms with Gasteiger partial charge < -0.3 is 0 Å². The third-order valence-corrected chi connectivity index (χ3v) is 1.79. The fourth-order valence-corrected chi connectivity index (χ4v) is 1.11. The van der Waals surface area contributed by atoms with Crippen LogP contribution in [-0.2, 0) is 11.2 Å². The summed E-state index contributed by atoms with van der Waals surface area (Å²) in [4.78, 5) is 8.43. The van der Waals surface area contributed by atoms with Crippen molar-refractivity contribution in [3.05, 3.63) is 60.4 Å². The average Bonchev–Trinajstić information content (AvgIpc) is 2.38. The Balaban J connectivity index is 0.000000357. The molecule has 0 N–H and O–H groups in total. The molecule has 0 aliphatic heterocycles. The number of aromatic nitrogens is 1. The van der Waals surface area contributed by atoms with Gasteiger partial charge >= 0.3 is 41.5 Å². The van der Waals surface area contributed by atoms with Gasteiger partial charge in [0, 0.05) is 6.20 Å². The molecule has 6 heteroatoms. The first-order chi connectivity index (χ1) is 8.68. The van der Waals surface area contributed by atoms with Crippen LogP contribution in [0.1, 0.15) is 5.69 Å². The van der Waals surface area contributed by atoms with E-state index in [4.69, 9.17) is 30.3 Å². The van der Waals surface area contributed by atoms with Crippen molar-refractivity contribution in [1.82, 2.24) is 4.98 Å². The molecule has 97 valence electrons. The van der Waals surface area contributed by atoms with Crippen LogP contribution in [0.25, 0.3) is 0 Å². The maximum absolute atomic E-state index is 4.89. The molecular weight excluding hydrogens is 334 g/mol. The Morgan fingerprint density at radius 2 is 1.56 bits per heavy atom.